The molecule has 1 atom stereocenters. The summed E-state index contributed by atoms with van der Waals surface area (Å²) in [6.45, 7) is 4.10. The van der Waals surface area contributed by atoms with E-state index in [9.17, 15) is 4.79 Å². The molecule has 0 bridgehead atoms. The van der Waals surface area contributed by atoms with Crippen molar-refractivity contribution in [2.75, 3.05) is 0 Å². The van der Waals surface area contributed by atoms with Crippen LogP contribution >= 0.6 is 0 Å². The van der Waals surface area contributed by atoms with E-state index in [1.807, 2.05) is 37.3 Å². The van der Waals surface area contributed by atoms with Gasteiger partial charge in [0.2, 0.25) is 0 Å². The van der Waals surface area contributed by atoms with Crippen molar-refractivity contribution in [2.24, 2.45) is 5.92 Å². The van der Waals surface area contributed by atoms with Crippen molar-refractivity contribution in [1.29, 1.82) is 0 Å². The molecule has 0 N–H and O–H groups in total. The minimum atomic E-state index is -0.0468. The number of benzene rings is 2. The zero-order valence-electron chi connectivity index (χ0n) is 11.9. The molecule has 20 heavy (non-hydrogen) atoms. The minimum Gasteiger partial charge on any atom is -0.293 e. The van der Waals surface area contributed by atoms with Crippen molar-refractivity contribution in [3.05, 3.63) is 71.3 Å². The molecule has 2 aromatic carbocycles. The van der Waals surface area contributed by atoms with Gasteiger partial charge in [0.05, 0.1) is 0 Å². The van der Waals surface area contributed by atoms with Crippen LogP contribution in [0.4, 0.5) is 0 Å². The minimum absolute atomic E-state index is 0.0468. The zero-order chi connectivity index (χ0) is 14.1. The summed E-state index contributed by atoms with van der Waals surface area (Å²) >= 11 is 0. The number of carbonyl (C=O) groups is 1. The van der Waals surface area contributed by atoms with Crippen LogP contribution in [-0.2, 0) is 0 Å². The molecule has 1 unspecified atom stereocenters. The summed E-state index contributed by atoms with van der Waals surface area (Å²) in [7, 11) is 0. The fourth-order valence-electron chi connectivity index (χ4n) is 2.83. The number of hydrogen-bond donors (Lipinski definition) is 0. The van der Waals surface area contributed by atoms with Crippen molar-refractivity contribution in [3.8, 4) is 0 Å². The van der Waals surface area contributed by atoms with Crippen LogP contribution in [0.15, 0.2) is 65.8 Å². The van der Waals surface area contributed by atoms with E-state index in [1.165, 1.54) is 11.1 Å². The summed E-state index contributed by atoms with van der Waals surface area (Å²) in [5.74, 6) is 0.172. The van der Waals surface area contributed by atoms with Crippen LogP contribution in [0.5, 0.6) is 0 Å². The second kappa shape index (κ2) is 5.09. The number of allylic oxidation sites excluding steroid dienone is 4. The van der Waals surface area contributed by atoms with Crippen molar-refractivity contribution >= 4 is 16.6 Å². The third kappa shape index (κ3) is 2.20. The molecule has 1 aliphatic carbocycles. The first-order chi connectivity index (χ1) is 9.66. The standard InChI is InChI=1S/C19H18O/c1-13-10-11-16(12-13)14(2)19(20)18-9-5-7-15-6-3-4-8-17(15)18/h3-10,12,14H,11H2,1-2H3. The van der Waals surface area contributed by atoms with Crippen LogP contribution in [0.1, 0.15) is 30.6 Å². The quantitative estimate of drug-likeness (QED) is 0.716. The summed E-state index contributed by atoms with van der Waals surface area (Å²) in [6.07, 6.45) is 5.24. The lowest BCUT2D eigenvalue weighted by atomic mass is 9.89. The van der Waals surface area contributed by atoms with Crippen molar-refractivity contribution in [2.45, 2.75) is 20.3 Å². The predicted octanol–water partition coefficient (Wildman–Crippen LogP) is 4.94. The first kappa shape index (κ1) is 12.9. The van der Waals surface area contributed by atoms with E-state index in [0.717, 1.165) is 22.8 Å². The molecule has 0 spiro atoms. The number of fused-ring (bicyclic) bond motifs is 1. The van der Waals surface area contributed by atoms with E-state index < -0.39 is 0 Å². The molecule has 1 heteroatoms. The lowest BCUT2D eigenvalue weighted by Crippen LogP contribution is -2.13. The molecule has 0 aromatic heterocycles. The molecule has 0 aliphatic heterocycles. The van der Waals surface area contributed by atoms with E-state index in [1.54, 1.807) is 0 Å². The van der Waals surface area contributed by atoms with Crippen LogP contribution in [0.2, 0.25) is 0 Å². The lowest BCUT2D eigenvalue weighted by Gasteiger charge is -2.13. The van der Waals surface area contributed by atoms with Gasteiger partial charge < -0.3 is 0 Å². The first-order valence-corrected chi connectivity index (χ1v) is 7.06. The first-order valence-electron chi connectivity index (χ1n) is 7.06. The highest BCUT2D eigenvalue weighted by atomic mass is 16.1. The Bertz CT molecular complexity index is 729. The van der Waals surface area contributed by atoms with Crippen LogP contribution in [0.3, 0.4) is 0 Å². The molecule has 2 aromatic rings. The number of carbonyl (C=O) groups excluding carboxylic acids is 1. The maximum atomic E-state index is 12.8. The molecular formula is C19H18O. The second-order valence-corrected chi connectivity index (χ2v) is 5.48. The summed E-state index contributed by atoms with van der Waals surface area (Å²) in [4.78, 5) is 12.8. The maximum Gasteiger partial charge on any atom is 0.170 e. The van der Waals surface area contributed by atoms with Gasteiger partial charge in [0.15, 0.2) is 5.78 Å². The topological polar surface area (TPSA) is 17.1 Å². The predicted molar refractivity (Wildman–Crippen MR) is 83.9 cm³/mol. The van der Waals surface area contributed by atoms with Gasteiger partial charge in [-0.2, -0.15) is 0 Å². The van der Waals surface area contributed by atoms with E-state index in [0.29, 0.717) is 0 Å². The maximum absolute atomic E-state index is 12.8. The smallest absolute Gasteiger partial charge is 0.170 e. The number of ketones is 1. The molecule has 0 saturated carbocycles. The van der Waals surface area contributed by atoms with E-state index in [2.05, 4.69) is 31.2 Å². The van der Waals surface area contributed by atoms with Crippen LogP contribution in [0.25, 0.3) is 10.8 Å². The molecule has 3 rings (SSSR count). The van der Waals surface area contributed by atoms with Crippen LogP contribution < -0.4 is 0 Å². The average molecular weight is 262 g/mol. The molecule has 100 valence electrons. The Morgan fingerprint density at radius 1 is 1.10 bits per heavy atom. The molecule has 0 radical (unpaired) electrons. The SMILES string of the molecule is CC1=CCC(C(C)C(=O)c2cccc3ccccc23)=C1. The highest BCUT2D eigenvalue weighted by molar-refractivity contribution is 6.10. The van der Waals surface area contributed by atoms with E-state index in [-0.39, 0.29) is 11.7 Å². The molecule has 1 aliphatic rings. The van der Waals surface area contributed by atoms with Crippen molar-refractivity contribution in [1.82, 2.24) is 0 Å². The Morgan fingerprint density at radius 3 is 2.60 bits per heavy atom. The second-order valence-electron chi connectivity index (χ2n) is 5.48. The van der Waals surface area contributed by atoms with Gasteiger partial charge in [-0.25, -0.2) is 0 Å². The average Bonchev–Trinajstić information content (AvgIpc) is 2.91. The van der Waals surface area contributed by atoms with Gasteiger partial charge in [0.1, 0.15) is 0 Å². The summed E-state index contributed by atoms with van der Waals surface area (Å²) in [5, 5.41) is 2.18. The fourth-order valence-corrected chi connectivity index (χ4v) is 2.83. The molecule has 0 fully saturated rings. The Hall–Kier alpha value is -2.15. The van der Waals surface area contributed by atoms with Crippen molar-refractivity contribution < 1.29 is 4.79 Å². The lowest BCUT2D eigenvalue weighted by molar-refractivity contribution is 0.0949. The van der Waals surface area contributed by atoms with Gasteiger partial charge >= 0.3 is 0 Å². The molecular weight excluding hydrogens is 244 g/mol. The third-order valence-corrected chi connectivity index (χ3v) is 4.08. The summed E-state index contributed by atoms with van der Waals surface area (Å²) in [6, 6.07) is 14.0. The van der Waals surface area contributed by atoms with Gasteiger partial charge in [-0.15, -0.1) is 0 Å². The highest BCUT2D eigenvalue weighted by Gasteiger charge is 2.21. The third-order valence-electron chi connectivity index (χ3n) is 4.08. The normalized spacial score (nSPS) is 15.9. The summed E-state index contributed by atoms with van der Waals surface area (Å²) in [5.41, 5.74) is 3.32. The van der Waals surface area contributed by atoms with E-state index >= 15 is 0 Å². The largest absolute Gasteiger partial charge is 0.293 e. The van der Waals surface area contributed by atoms with E-state index in [4.69, 9.17) is 0 Å². The van der Waals surface area contributed by atoms with Gasteiger partial charge in [-0.3, -0.25) is 4.79 Å². The Labute approximate surface area is 119 Å². The Kier molecular flexibility index (Phi) is 3.27. The van der Waals surface area contributed by atoms with Crippen LogP contribution in [0, 0.1) is 5.92 Å². The molecule has 0 heterocycles. The number of rotatable bonds is 3. The molecule has 0 saturated heterocycles. The van der Waals surface area contributed by atoms with Crippen molar-refractivity contribution in [3.63, 3.8) is 0 Å². The van der Waals surface area contributed by atoms with Gasteiger partial charge in [0, 0.05) is 11.5 Å². The zero-order valence-corrected chi connectivity index (χ0v) is 11.9. The van der Waals surface area contributed by atoms with Crippen LogP contribution in [-0.4, -0.2) is 5.78 Å². The van der Waals surface area contributed by atoms with Gasteiger partial charge in [-0.1, -0.05) is 72.7 Å². The monoisotopic (exact) mass is 262 g/mol. The Morgan fingerprint density at radius 2 is 1.85 bits per heavy atom. The van der Waals surface area contributed by atoms with Gasteiger partial charge in [0.25, 0.3) is 0 Å². The highest BCUT2D eigenvalue weighted by Crippen LogP contribution is 2.29. The molecule has 0 amide bonds. The molecule has 1 nitrogen and oxygen atoms in total. The number of Topliss-reactive ketones (excluding diaryl/α,β-unsaturated/α-hetero) is 1. The Balaban J connectivity index is 1.99. The van der Waals surface area contributed by atoms with Gasteiger partial charge in [-0.05, 0) is 24.1 Å². The number of hydrogen-bond acceptors (Lipinski definition) is 1. The fraction of sp³-hybridized carbons (Fsp3) is 0.211. The summed E-state index contributed by atoms with van der Waals surface area (Å²) < 4.78 is 0.